The molecular weight excluding hydrogens is 400 g/mol. The molecule has 3 N–H and O–H groups in total. The van der Waals surface area contributed by atoms with E-state index < -0.39 is 17.8 Å². The predicted octanol–water partition coefficient (Wildman–Crippen LogP) is 4.40. The summed E-state index contributed by atoms with van der Waals surface area (Å²) in [5.41, 5.74) is 3.31. The van der Waals surface area contributed by atoms with Crippen LogP contribution in [0.15, 0.2) is 36.4 Å². The lowest BCUT2D eigenvalue weighted by Crippen LogP contribution is -2.35. The third-order valence-corrected chi connectivity index (χ3v) is 6.99. The van der Waals surface area contributed by atoms with Crippen LogP contribution in [-0.4, -0.2) is 22.9 Å². The lowest BCUT2D eigenvalue weighted by molar-refractivity contribution is -0.146. The Morgan fingerprint density at radius 2 is 1.70 bits per heavy atom. The molecule has 30 heavy (non-hydrogen) atoms. The number of fused-ring (bicyclic) bond motifs is 1. The molecule has 1 heterocycles. The molecule has 1 aromatic heterocycles. The van der Waals surface area contributed by atoms with Crippen LogP contribution >= 0.6 is 11.3 Å². The van der Waals surface area contributed by atoms with Gasteiger partial charge in [-0.1, -0.05) is 29.8 Å². The minimum atomic E-state index is -0.967. The van der Waals surface area contributed by atoms with Gasteiger partial charge in [-0.2, -0.15) is 0 Å². The summed E-state index contributed by atoms with van der Waals surface area (Å²) in [5, 5.41) is 15.8. The van der Waals surface area contributed by atoms with Crippen molar-refractivity contribution in [3.8, 4) is 0 Å². The van der Waals surface area contributed by atoms with E-state index in [2.05, 4.69) is 10.6 Å². The summed E-state index contributed by atoms with van der Waals surface area (Å²) >= 11 is 1.43. The molecule has 0 aliphatic heterocycles. The summed E-state index contributed by atoms with van der Waals surface area (Å²) in [6.07, 6.45) is 7.08. The standard InChI is InChI=1S/C23H24N2O4S/c1-13-9-11-14(12-10-13)24-21(27)19-17-7-4-8-18(17)30-22(19)25-20(26)15-5-2-3-6-16(15)23(28)29/h2-3,9-12,15-16H,4-8H2,1H3,(H,24,27)(H,25,26)(H,28,29)/t15-,16-/m1/s1. The van der Waals surface area contributed by atoms with Crippen LogP contribution in [0.3, 0.4) is 0 Å². The zero-order valence-corrected chi connectivity index (χ0v) is 17.6. The lowest BCUT2D eigenvalue weighted by Gasteiger charge is -2.24. The van der Waals surface area contributed by atoms with Crippen molar-refractivity contribution in [2.45, 2.75) is 39.0 Å². The van der Waals surface area contributed by atoms with Crippen molar-refractivity contribution in [3.05, 3.63) is 58.0 Å². The zero-order chi connectivity index (χ0) is 21.3. The van der Waals surface area contributed by atoms with Gasteiger partial charge in [-0.25, -0.2) is 0 Å². The number of thiophene rings is 1. The molecule has 7 heteroatoms. The number of anilines is 2. The second-order valence-electron chi connectivity index (χ2n) is 7.86. The maximum atomic E-state index is 13.1. The Kier molecular flexibility index (Phi) is 5.72. The van der Waals surface area contributed by atoms with E-state index in [0.29, 0.717) is 29.1 Å². The topological polar surface area (TPSA) is 95.5 Å². The average molecular weight is 425 g/mol. The summed E-state index contributed by atoms with van der Waals surface area (Å²) in [6.45, 7) is 1.98. The highest BCUT2D eigenvalue weighted by Crippen LogP contribution is 2.40. The number of nitrogens with one attached hydrogen (secondary N) is 2. The Balaban J connectivity index is 1.59. The molecule has 0 saturated carbocycles. The van der Waals surface area contributed by atoms with E-state index in [1.165, 1.54) is 11.3 Å². The number of carboxylic acids is 1. The summed E-state index contributed by atoms with van der Waals surface area (Å²) in [6, 6.07) is 7.56. The molecule has 0 saturated heterocycles. The second kappa shape index (κ2) is 8.44. The quantitative estimate of drug-likeness (QED) is 0.620. The number of benzene rings is 1. The molecule has 2 aliphatic rings. The number of carbonyl (C=O) groups excluding carboxylic acids is 2. The van der Waals surface area contributed by atoms with E-state index in [-0.39, 0.29) is 11.8 Å². The molecule has 2 aliphatic carbocycles. The van der Waals surface area contributed by atoms with E-state index in [4.69, 9.17) is 0 Å². The number of allylic oxidation sites excluding steroid dienone is 2. The SMILES string of the molecule is Cc1ccc(NC(=O)c2c(NC(=O)[C@@H]3CC=CC[C@H]3C(=O)O)sc3c2CCC3)cc1. The molecule has 0 bridgehead atoms. The van der Waals surface area contributed by atoms with Crippen LogP contribution in [0.25, 0.3) is 0 Å². The van der Waals surface area contributed by atoms with Crippen molar-refractivity contribution in [2.24, 2.45) is 11.8 Å². The van der Waals surface area contributed by atoms with Crippen molar-refractivity contribution in [3.63, 3.8) is 0 Å². The van der Waals surface area contributed by atoms with Gasteiger partial charge in [0.25, 0.3) is 5.91 Å². The van der Waals surface area contributed by atoms with Crippen LogP contribution in [0.1, 0.15) is 45.6 Å². The molecule has 0 radical (unpaired) electrons. The molecule has 0 unspecified atom stereocenters. The normalized spacial score (nSPS) is 19.9. The van der Waals surface area contributed by atoms with Crippen molar-refractivity contribution >= 4 is 39.8 Å². The number of hydrogen-bond acceptors (Lipinski definition) is 4. The van der Waals surface area contributed by atoms with Gasteiger partial charge in [-0.15, -0.1) is 11.3 Å². The Hall–Kier alpha value is -2.93. The summed E-state index contributed by atoms with van der Waals surface area (Å²) in [7, 11) is 0. The first-order valence-corrected chi connectivity index (χ1v) is 11.0. The van der Waals surface area contributed by atoms with Gasteiger partial charge in [0.2, 0.25) is 5.91 Å². The van der Waals surface area contributed by atoms with Crippen LogP contribution in [0.5, 0.6) is 0 Å². The van der Waals surface area contributed by atoms with Crippen LogP contribution in [-0.2, 0) is 22.4 Å². The fourth-order valence-corrected chi connectivity index (χ4v) is 5.43. The Bertz CT molecular complexity index is 1020. The molecule has 1 aromatic carbocycles. The van der Waals surface area contributed by atoms with Crippen LogP contribution < -0.4 is 10.6 Å². The Morgan fingerprint density at radius 1 is 1.00 bits per heavy atom. The Morgan fingerprint density at radius 3 is 2.40 bits per heavy atom. The number of hydrogen-bond donors (Lipinski definition) is 3. The first kappa shape index (κ1) is 20.3. The van der Waals surface area contributed by atoms with Crippen LogP contribution in [0.2, 0.25) is 0 Å². The van der Waals surface area contributed by atoms with E-state index in [1.54, 1.807) is 0 Å². The third-order valence-electron chi connectivity index (χ3n) is 5.78. The highest BCUT2D eigenvalue weighted by Gasteiger charge is 2.35. The number of carbonyl (C=O) groups is 3. The van der Waals surface area contributed by atoms with E-state index in [1.807, 2.05) is 43.3 Å². The highest BCUT2D eigenvalue weighted by atomic mass is 32.1. The average Bonchev–Trinajstić information content (AvgIpc) is 3.30. The number of rotatable bonds is 5. The van der Waals surface area contributed by atoms with Gasteiger partial charge in [-0.05, 0) is 56.7 Å². The number of carboxylic acid groups (broad SMARTS) is 1. The van der Waals surface area contributed by atoms with Gasteiger partial charge in [0, 0.05) is 10.6 Å². The van der Waals surface area contributed by atoms with Gasteiger partial charge < -0.3 is 15.7 Å². The molecule has 0 fully saturated rings. The summed E-state index contributed by atoms with van der Waals surface area (Å²) < 4.78 is 0. The fourth-order valence-electron chi connectivity index (χ4n) is 4.14. The summed E-state index contributed by atoms with van der Waals surface area (Å²) in [5.74, 6) is -2.93. The smallest absolute Gasteiger partial charge is 0.307 e. The lowest BCUT2D eigenvalue weighted by atomic mass is 9.82. The minimum absolute atomic E-state index is 0.244. The van der Waals surface area contributed by atoms with Gasteiger partial charge in [-0.3, -0.25) is 14.4 Å². The fraction of sp³-hybridized carbons (Fsp3) is 0.348. The molecule has 6 nitrogen and oxygen atoms in total. The first-order valence-electron chi connectivity index (χ1n) is 10.1. The third kappa shape index (κ3) is 4.03. The van der Waals surface area contributed by atoms with Crippen LogP contribution in [0.4, 0.5) is 10.7 Å². The van der Waals surface area contributed by atoms with Crippen molar-refractivity contribution in [1.29, 1.82) is 0 Å². The van der Waals surface area contributed by atoms with E-state index >= 15 is 0 Å². The summed E-state index contributed by atoms with van der Waals surface area (Å²) in [4.78, 5) is 38.7. The monoisotopic (exact) mass is 424 g/mol. The molecule has 0 spiro atoms. The first-order chi connectivity index (χ1) is 14.4. The van der Waals surface area contributed by atoms with E-state index in [0.717, 1.165) is 35.3 Å². The molecule has 2 atom stereocenters. The number of aliphatic carboxylic acids is 1. The highest BCUT2D eigenvalue weighted by molar-refractivity contribution is 7.17. The molecule has 2 aromatic rings. The minimum Gasteiger partial charge on any atom is -0.481 e. The second-order valence-corrected chi connectivity index (χ2v) is 8.97. The van der Waals surface area contributed by atoms with Crippen molar-refractivity contribution in [2.75, 3.05) is 10.6 Å². The maximum absolute atomic E-state index is 13.1. The van der Waals surface area contributed by atoms with Gasteiger partial charge >= 0.3 is 5.97 Å². The van der Waals surface area contributed by atoms with Gasteiger partial charge in [0.05, 0.1) is 17.4 Å². The molecular formula is C23H24N2O4S. The largest absolute Gasteiger partial charge is 0.481 e. The molecule has 156 valence electrons. The van der Waals surface area contributed by atoms with Crippen molar-refractivity contribution < 1.29 is 19.5 Å². The zero-order valence-electron chi connectivity index (χ0n) is 16.7. The number of aryl methyl sites for hydroxylation is 2. The van der Waals surface area contributed by atoms with Gasteiger partial charge in [0.15, 0.2) is 0 Å². The van der Waals surface area contributed by atoms with Gasteiger partial charge in [0.1, 0.15) is 5.00 Å². The number of amides is 2. The Labute approximate surface area is 179 Å². The predicted molar refractivity (Wildman–Crippen MR) is 117 cm³/mol. The van der Waals surface area contributed by atoms with Crippen LogP contribution in [0, 0.1) is 18.8 Å². The molecule has 4 rings (SSSR count). The van der Waals surface area contributed by atoms with E-state index in [9.17, 15) is 19.5 Å². The maximum Gasteiger partial charge on any atom is 0.307 e. The molecule has 2 amide bonds. The van der Waals surface area contributed by atoms with Crippen molar-refractivity contribution in [1.82, 2.24) is 0 Å².